The lowest BCUT2D eigenvalue weighted by Gasteiger charge is -2.23. The molecule has 3 atom stereocenters. The molecule has 3 unspecified atom stereocenters. The molecule has 4 N–H and O–H groups in total. The molecular weight excluding hydrogens is 218 g/mol. The highest BCUT2D eigenvalue weighted by Gasteiger charge is 2.35. The Balaban J connectivity index is 0.00000112. The lowest BCUT2D eigenvalue weighted by molar-refractivity contribution is -0.122. The summed E-state index contributed by atoms with van der Waals surface area (Å²) in [7, 11) is 0. The van der Waals surface area contributed by atoms with Gasteiger partial charge >= 0.3 is 0 Å². The second-order valence-electron chi connectivity index (χ2n) is 4.00. The van der Waals surface area contributed by atoms with Crippen LogP contribution in [0.3, 0.4) is 0 Å². The van der Waals surface area contributed by atoms with Crippen molar-refractivity contribution in [3.63, 3.8) is 0 Å². The minimum atomic E-state index is 0. The highest BCUT2D eigenvalue weighted by molar-refractivity contribution is 5.85. The first-order chi connectivity index (χ1) is 6.75. The number of hydrogen-bond donors (Lipinski definition) is 3. The van der Waals surface area contributed by atoms with Crippen LogP contribution in [0.4, 0.5) is 0 Å². The zero-order valence-electron chi connectivity index (χ0n) is 8.57. The van der Waals surface area contributed by atoms with Gasteiger partial charge in [0.15, 0.2) is 0 Å². The third-order valence-corrected chi connectivity index (χ3v) is 2.62. The molecule has 5 nitrogen and oxygen atoms in total. The largest absolute Gasteiger partial charge is 0.378 e. The highest BCUT2D eigenvalue weighted by atomic mass is 35.5. The van der Waals surface area contributed by atoms with E-state index < -0.39 is 0 Å². The van der Waals surface area contributed by atoms with Gasteiger partial charge in [-0.2, -0.15) is 0 Å². The Morgan fingerprint density at radius 3 is 2.87 bits per heavy atom. The van der Waals surface area contributed by atoms with Crippen molar-refractivity contribution >= 4 is 18.3 Å². The summed E-state index contributed by atoms with van der Waals surface area (Å²) in [5, 5.41) is 6.13. The minimum Gasteiger partial charge on any atom is -0.378 e. The molecule has 0 bridgehead atoms. The number of carbonyl (C=O) groups is 1. The molecule has 15 heavy (non-hydrogen) atoms. The summed E-state index contributed by atoms with van der Waals surface area (Å²) < 4.78 is 5.26. The SMILES string of the molecule is Cl.NC1CC1NC(=O)CC1COCCN1. The first kappa shape index (κ1) is 12.7. The van der Waals surface area contributed by atoms with Gasteiger partial charge in [-0.25, -0.2) is 0 Å². The molecule has 2 rings (SSSR count). The number of nitrogens with two attached hydrogens (primary N) is 1. The number of morpholine rings is 1. The van der Waals surface area contributed by atoms with Crippen LogP contribution in [0.25, 0.3) is 0 Å². The maximum Gasteiger partial charge on any atom is 0.221 e. The van der Waals surface area contributed by atoms with Crippen molar-refractivity contribution in [1.29, 1.82) is 0 Å². The Labute approximate surface area is 95.5 Å². The van der Waals surface area contributed by atoms with E-state index in [0.717, 1.165) is 19.6 Å². The van der Waals surface area contributed by atoms with Crippen LogP contribution in [-0.4, -0.2) is 43.8 Å². The molecule has 1 saturated carbocycles. The van der Waals surface area contributed by atoms with Gasteiger partial charge in [0, 0.05) is 31.1 Å². The standard InChI is InChI=1S/C9H17N3O2.ClH/c10-7-4-8(7)12-9(13)3-6-5-14-2-1-11-6;/h6-8,11H,1-5,10H2,(H,12,13);1H. The summed E-state index contributed by atoms with van der Waals surface area (Å²) in [4.78, 5) is 11.4. The first-order valence-corrected chi connectivity index (χ1v) is 5.12. The van der Waals surface area contributed by atoms with Gasteiger partial charge in [0.1, 0.15) is 0 Å². The molecule has 1 aliphatic heterocycles. The maximum absolute atomic E-state index is 11.4. The van der Waals surface area contributed by atoms with Gasteiger partial charge in [-0.15, -0.1) is 12.4 Å². The third kappa shape index (κ3) is 3.95. The first-order valence-electron chi connectivity index (χ1n) is 5.12. The van der Waals surface area contributed by atoms with E-state index in [9.17, 15) is 4.79 Å². The van der Waals surface area contributed by atoms with Crippen LogP contribution >= 0.6 is 12.4 Å². The Morgan fingerprint density at radius 1 is 1.60 bits per heavy atom. The van der Waals surface area contributed by atoms with Crippen molar-refractivity contribution in [2.24, 2.45) is 5.73 Å². The quantitative estimate of drug-likeness (QED) is 0.587. The lowest BCUT2D eigenvalue weighted by Crippen LogP contribution is -2.44. The summed E-state index contributed by atoms with van der Waals surface area (Å²) in [6.07, 6.45) is 1.41. The van der Waals surface area contributed by atoms with Crippen LogP contribution in [-0.2, 0) is 9.53 Å². The second-order valence-corrected chi connectivity index (χ2v) is 4.00. The van der Waals surface area contributed by atoms with Crippen LogP contribution < -0.4 is 16.4 Å². The number of amides is 1. The molecule has 6 heteroatoms. The summed E-state index contributed by atoms with van der Waals surface area (Å²) in [6, 6.07) is 0.556. The molecule has 88 valence electrons. The van der Waals surface area contributed by atoms with Gasteiger partial charge in [-0.1, -0.05) is 0 Å². The van der Waals surface area contributed by atoms with E-state index in [-0.39, 0.29) is 36.4 Å². The van der Waals surface area contributed by atoms with Crippen LogP contribution in [0, 0.1) is 0 Å². The summed E-state index contributed by atoms with van der Waals surface area (Å²) >= 11 is 0. The second kappa shape index (κ2) is 5.65. The number of nitrogens with one attached hydrogen (secondary N) is 2. The Kier molecular flexibility index (Phi) is 4.79. The monoisotopic (exact) mass is 235 g/mol. The van der Waals surface area contributed by atoms with Gasteiger partial charge in [0.25, 0.3) is 0 Å². The molecule has 2 fully saturated rings. The molecule has 2 aliphatic rings. The van der Waals surface area contributed by atoms with Gasteiger partial charge < -0.3 is 21.1 Å². The molecule has 1 amide bonds. The van der Waals surface area contributed by atoms with E-state index in [1.165, 1.54) is 0 Å². The normalized spacial score (nSPS) is 34.1. The smallest absolute Gasteiger partial charge is 0.221 e. The minimum absolute atomic E-state index is 0. The molecule has 0 aromatic heterocycles. The molecule has 1 aliphatic carbocycles. The predicted octanol–water partition coefficient (Wildman–Crippen LogP) is -0.997. The fourth-order valence-electron chi connectivity index (χ4n) is 1.62. The zero-order chi connectivity index (χ0) is 9.97. The van der Waals surface area contributed by atoms with Crippen molar-refractivity contribution < 1.29 is 9.53 Å². The topological polar surface area (TPSA) is 76.4 Å². The van der Waals surface area contributed by atoms with E-state index >= 15 is 0 Å². The highest BCUT2D eigenvalue weighted by Crippen LogP contribution is 2.17. The molecule has 0 radical (unpaired) electrons. The van der Waals surface area contributed by atoms with Crippen molar-refractivity contribution in [3.8, 4) is 0 Å². The molecule has 1 heterocycles. The van der Waals surface area contributed by atoms with Gasteiger partial charge in [-0.3, -0.25) is 4.79 Å². The molecule has 1 saturated heterocycles. The van der Waals surface area contributed by atoms with Crippen LogP contribution in [0.2, 0.25) is 0 Å². The number of rotatable bonds is 3. The van der Waals surface area contributed by atoms with Crippen molar-refractivity contribution in [2.75, 3.05) is 19.8 Å². The number of ether oxygens (including phenoxy) is 1. The summed E-state index contributed by atoms with van der Waals surface area (Å²) in [5.41, 5.74) is 5.59. The van der Waals surface area contributed by atoms with Gasteiger partial charge in [-0.05, 0) is 6.42 Å². The number of halogens is 1. The van der Waals surface area contributed by atoms with Crippen molar-refractivity contribution in [1.82, 2.24) is 10.6 Å². The average molecular weight is 236 g/mol. The summed E-state index contributed by atoms with van der Waals surface area (Å²) in [6.45, 7) is 2.21. The summed E-state index contributed by atoms with van der Waals surface area (Å²) in [5.74, 6) is 0.0750. The Bertz CT molecular complexity index is 221. The van der Waals surface area contributed by atoms with Gasteiger partial charge in [0.05, 0.1) is 13.2 Å². The maximum atomic E-state index is 11.4. The molecule has 0 spiro atoms. The van der Waals surface area contributed by atoms with Crippen LogP contribution in [0.5, 0.6) is 0 Å². The fourth-order valence-corrected chi connectivity index (χ4v) is 1.62. The Morgan fingerprint density at radius 2 is 2.33 bits per heavy atom. The van der Waals surface area contributed by atoms with Crippen LogP contribution in [0.15, 0.2) is 0 Å². The fraction of sp³-hybridized carbons (Fsp3) is 0.889. The number of hydrogen-bond acceptors (Lipinski definition) is 4. The molecule has 0 aromatic rings. The molecular formula is C9H18ClN3O2. The van der Waals surface area contributed by atoms with E-state index in [0.29, 0.717) is 13.0 Å². The van der Waals surface area contributed by atoms with Crippen LogP contribution in [0.1, 0.15) is 12.8 Å². The van der Waals surface area contributed by atoms with Crippen molar-refractivity contribution in [2.45, 2.75) is 31.0 Å². The lowest BCUT2D eigenvalue weighted by atomic mass is 10.2. The third-order valence-electron chi connectivity index (χ3n) is 2.62. The van der Waals surface area contributed by atoms with E-state index in [1.807, 2.05) is 0 Å². The van der Waals surface area contributed by atoms with E-state index in [4.69, 9.17) is 10.5 Å². The Hall–Kier alpha value is -0.360. The number of carbonyl (C=O) groups excluding carboxylic acids is 1. The molecule has 0 aromatic carbocycles. The van der Waals surface area contributed by atoms with Crippen molar-refractivity contribution in [3.05, 3.63) is 0 Å². The average Bonchev–Trinajstić information content (AvgIpc) is 2.83. The van der Waals surface area contributed by atoms with E-state index in [2.05, 4.69) is 10.6 Å². The predicted molar refractivity (Wildman–Crippen MR) is 59.0 cm³/mol. The zero-order valence-corrected chi connectivity index (χ0v) is 9.39. The van der Waals surface area contributed by atoms with E-state index in [1.54, 1.807) is 0 Å². The van der Waals surface area contributed by atoms with Gasteiger partial charge in [0.2, 0.25) is 5.91 Å².